The van der Waals surface area contributed by atoms with Crippen LogP contribution in [0.3, 0.4) is 0 Å². The first-order chi connectivity index (χ1) is 12.3. The second-order valence-electron chi connectivity index (χ2n) is 6.03. The van der Waals surface area contributed by atoms with Crippen molar-refractivity contribution in [3.8, 4) is 11.4 Å². The van der Waals surface area contributed by atoms with Gasteiger partial charge in [0.05, 0.1) is 13.2 Å². The van der Waals surface area contributed by atoms with Crippen molar-refractivity contribution in [1.82, 2.24) is 4.57 Å². The predicted octanol–water partition coefficient (Wildman–Crippen LogP) is 4.41. The van der Waals surface area contributed by atoms with Crippen LogP contribution in [-0.4, -0.2) is 24.3 Å². The highest BCUT2D eigenvalue weighted by molar-refractivity contribution is 5.49. The summed E-state index contributed by atoms with van der Waals surface area (Å²) in [7, 11) is 0. The third kappa shape index (κ3) is 3.26. The molecule has 1 aliphatic heterocycles. The largest absolute Gasteiger partial charge is 0.494 e. The first-order valence-corrected chi connectivity index (χ1v) is 8.69. The van der Waals surface area contributed by atoms with Crippen LogP contribution in [0.4, 0.5) is 5.69 Å². The molecular weight excluding hydrogens is 312 g/mol. The lowest BCUT2D eigenvalue weighted by atomic mass is 10.2. The summed E-state index contributed by atoms with van der Waals surface area (Å²) in [6.45, 7) is 4.31. The van der Waals surface area contributed by atoms with E-state index < -0.39 is 0 Å². The molecule has 4 rings (SSSR count). The highest BCUT2D eigenvalue weighted by atomic mass is 16.5. The minimum Gasteiger partial charge on any atom is -0.494 e. The van der Waals surface area contributed by atoms with E-state index in [-0.39, 0.29) is 6.23 Å². The van der Waals surface area contributed by atoms with Crippen LogP contribution >= 0.6 is 0 Å². The molecule has 1 aliphatic rings. The van der Waals surface area contributed by atoms with Crippen LogP contribution in [-0.2, 0) is 4.74 Å². The molecule has 0 radical (unpaired) electrons. The molecule has 3 aromatic rings. The third-order valence-electron chi connectivity index (χ3n) is 4.41. The molecule has 0 N–H and O–H groups in total. The van der Waals surface area contributed by atoms with E-state index in [0.717, 1.165) is 30.2 Å². The van der Waals surface area contributed by atoms with Crippen molar-refractivity contribution >= 4 is 5.69 Å². The maximum atomic E-state index is 6.01. The van der Waals surface area contributed by atoms with Crippen molar-refractivity contribution in [2.75, 3.05) is 24.7 Å². The van der Waals surface area contributed by atoms with Crippen molar-refractivity contribution in [2.24, 2.45) is 0 Å². The van der Waals surface area contributed by atoms with Gasteiger partial charge < -0.3 is 18.9 Å². The zero-order valence-corrected chi connectivity index (χ0v) is 14.3. The van der Waals surface area contributed by atoms with Gasteiger partial charge in [0.2, 0.25) is 0 Å². The van der Waals surface area contributed by atoms with Gasteiger partial charge in [-0.15, -0.1) is 0 Å². The van der Waals surface area contributed by atoms with Crippen LogP contribution in [0.2, 0.25) is 0 Å². The minimum absolute atomic E-state index is 0.0428. The van der Waals surface area contributed by atoms with Crippen molar-refractivity contribution in [1.29, 1.82) is 0 Å². The molecule has 2 aromatic carbocycles. The molecule has 0 aliphatic carbocycles. The van der Waals surface area contributed by atoms with Crippen LogP contribution < -0.4 is 9.64 Å². The van der Waals surface area contributed by atoms with Crippen LogP contribution in [0, 0.1) is 0 Å². The fourth-order valence-electron chi connectivity index (χ4n) is 3.25. The van der Waals surface area contributed by atoms with E-state index >= 15 is 0 Å². The molecule has 0 bridgehead atoms. The minimum atomic E-state index is -0.0428. The monoisotopic (exact) mass is 334 g/mol. The summed E-state index contributed by atoms with van der Waals surface area (Å²) in [5, 5.41) is 0. The average molecular weight is 334 g/mol. The molecule has 0 unspecified atom stereocenters. The second-order valence-corrected chi connectivity index (χ2v) is 6.03. The average Bonchev–Trinajstić information content (AvgIpc) is 3.32. The quantitative estimate of drug-likeness (QED) is 0.691. The van der Waals surface area contributed by atoms with E-state index in [0.29, 0.717) is 6.61 Å². The van der Waals surface area contributed by atoms with Gasteiger partial charge in [0.1, 0.15) is 5.75 Å². The Bertz CT molecular complexity index is 829. The Kier molecular flexibility index (Phi) is 4.44. The van der Waals surface area contributed by atoms with Crippen molar-refractivity contribution in [3.05, 3.63) is 78.6 Å². The Morgan fingerprint density at radius 3 is 2.72 bits per heavy atom. The van der Waals surface area contributed by atoms with Gasteiger partial charge in [0.15, 0.2) is 6.23 Å². The first kappa shape index (κ1) is 15.8. The zero-order chi connectivity index (χ0) is 17.1. The van der Waals surface area contributed by atoms with E-state index in [4.69, 9.17) is 9.47 Å². The summed E-state index contributed by atoms with van der Waals surface area (Å²) >= 11 is 0. The Balaban J connectivity index is 1.59. The van der Waals surface area contributed by atoms with Crippen molar-refractivity contribution in [3.63, 3.8) is 0 Å². The molecule has 1 saturated heterocycles. The lowest BCUT2D eigenvalue weighted by Gasteiger charge is -2.24. The smallest absolute Gasteiger partial charge is 0.158 e. The van der Waals surface area contributed by atoms with Crippen LogP contribution in [0.15, 0.2) is 73.1 Å². The topological polar surface area (TPSA) is 26.6 Å². The molecule has 4 nitrogen and oxygen atoms in total. The standard InChI is InChI=1S/C21H22N2O2/c1-2-24-20-10-6-9-19(15-20)22-12-11-17(16-22)21-23(13-14-25-21)18-7-4-3-5-8-18/h3-12,15-16,21H,2,13-14H2,1H3/t21-/m0/s1. The highest BCUT2D eigenvalue weighted by Gasteiger charge is 2.27. The normalized spacial score (nSPS) is 17.0. The lowest BCUT2D eigenvalue weighted by molar-refractivity contribution is 0.114. The molecule has 0 spiro atoms. The molecule has 1 fully saturated rings. The van der Waals surface area contributed by atoms with Gasteiger partial charge in [-0.2, -0.15) is 0 Å². The fraction of sp³-hybridized carbons (Fsp3) is 0.238. The Morgan fingerprint density at radius 2 is 1.88 bits per heavy atom. The van der Waals surface area contributed by atoms with Crippen LogP contribution in [0.5, 0.6) is 5.75 Å². The fourth-order valence-corrected chi connectivity index (χ4v) is 3.25. The van der Waals surface area contributed by atoms with Gasteiger partial charge in [0, 0.05) is 41.9 Å². The van der Waals surface area contributed by atoms with Gasteiger partial charge >= 0.3 is 0 Å². The van der Waals surface area contributed by atoms with E-state index in [2.05, 4.69) is 64.3 Å². The van der Waals surface area contributed by atoms with Crippen LogP contribution in [0.25, 0.3) is 5.69 Å². The Morgan fingerprint density at radius 1 is 1.04 bits per heavy atom. The molecule has 128 valence electrons. The van der Waals surface area contributed by atoms with Gasteiger partial charge in [-0.25, -0.2) is 0 Å². The second kappa shape index (κ2) is 7.03. The summed E-state index contributed by atoms with van der Waals surface area (Å²) in [6, 6.07) is 20.7. The summed E-state index contributed by atoms with van der Waals surface area (Å²) in [4.78, 5) is 2.30. The predicted molar refractivity (Wildman–Crippen MR) is 99.4 cm³/mol. The molecule has 4 heteroatoms. The molecule has 0 saturated carbocycles. The van der Waals surface area contributed by atoms with Crippen LogP contribution in [0.1, 0.15) is 18.7 Å². The number of benzene rings is 2. The summed E-state index contributed by atoms with van der Waals surface area (Å²) in [6.07, 6.45) is 4.17. The molecule has 0 amide bonds. The molecule has 1 aromatic heterocycles. The Labute approximate surface area is 148 Å². The number of nitrogens with zero attached hydrogens (tertiary/aromatic N) is 2. The van der Waals surface area contributed by atoms with Crippen molar-refractivity contribution in [2.45, 2.75) is 13.2 Å². The Hall–Kier alpha value is -2.72. The number of hydrogen-bond donors (Lipinski definition) is 0. The SMILES string of the molecule is CCOc1cccc(-n2ccc([C@@H]3OCCN3c3ccccc3)c2)c1. The van der Waals surface area contributed by atoms with E-state index in [9.17, 15) is 0 Å². The first-order valence-electron chi connectivity index (χ1n) is 8.69. The number of rotatable bonds is 5. The molecule has 2 heterocycles. The van der Waals surface area contributed by atoms with Gasteiger partial charge in [0.25, 0.3) is 0 Å². The van der Waals surface area contributed by atoms with E-state index in [1.54, 1.807) is 0 Å². The lowest BCUT2D eigenvalue weighted by Crippen LogP contribution is -2.22. The number of aromatic nitrogens is 1. The summed E-state index contributed by atoms with van der Waals surface area (Å²) in [5.74, 6) is 0.887. The van der Waals surface area contributed by atoms with E-state index in [1.807, 2.05) is 25.1 Å². The summed E-state index contributed by atoms with van der Waals surface area (Å²) in [5.41, 5.74) is 3.43. The molecule has 1 atom stereocenters. The number of ether oxygens (including phenoxy) is 2. The maximum Gasteiger partial charge on any atom is 0.158 e. The highest BCUT2D eigenvalue weighted by Crippen LogP contribution is 2.32. The third-order valence-corrected chi connectivity index (χ3v) is 4.41. The number of hydrogen-bond acceptors (Lipinski definition) is 3. The van der Waals surface area contributed by atoms with Gasteiger partial charge in [-0.3, -0.25) is 0 Å². The van der Waals surface area contributed by atoms with Gasteiger partial charge in [-0.05, 0) is 37.3 Å². The molecule has 25 heavy (non-hydrogen) atoms. The van der Waals surface area contributed by atoms with Gasteiger partial charge in [-0.1, -0.05) is 24.3 Å². The maximum absolute atomic E-state index is 6.01. The van der Waals surface area contributed by atoms with Crippen molar-refractivity contribution < 1.29 is 9.47 Å². The number of para-hydroxylation sites is 1. The number of anilines is 1. The zero-order valence-electron chi connectivity index (χ0n) is 14.3. The summed E-state index contributed by atoms with van der Waals surface area (Å²) < 4.78 is 13.7. The molecular formula is C21H22N2O2. The van der Waals surface area contributed by atoms with E-state index in [1.165, 1.54) is 5.69 Å².